The number of amides is 1. The zero-order valence-electron chi connectivity index (χ0n) is 19.0. The number of pyridine rings is 1. The third kappa shape index (κ3) is 4.66. The molecule has 170 valence electrons. The normalized spacial score (nSPS) is 16.9. The van der Waals surface area contributed by atoms with Gasteiger partial charge in [-0.15, -0.1) is 0 Å². The highest BCUT2D eigenvalue weighted by atomic mass is 19.1. The molecule has 8 nitrogen and oxygen atoms in total. The Labute approximate surface area is 187 Å². The van der Waals surface area contributed by atoms with Crippen molar-refractivity contribution in [2.45, 2.75) is 52.2 Å². The summed E-state index contributed by atoms with van der Waals surface area (Å²) in [6, 6.07) is 4.97. The minimum absolute atomic E-state index is 0.114. The number of hydrogen-bond donors (Lipinski definition) is 0. The van der Waals surface area contributed by atoms with E-state index in [2.05, 4.69) is 21.8 Å². The van der Waals surface area contributed by atoms with E-state index in [9.17, 15) is 9.18 Å². The minimum Gasteiger partial charge on any atom is -0.444 e. The first-order valence-corrected chi connectivity index (χ1v) is 11.0. The number of carbonyl (C=O) groups excluding carboxylic acids is 1. The second kappa shape index (κ2) is 8.72. The van der Waals surface area contributed by atoms with Gasteiger partial charge in [0.25, 0.3) is 0 Å². The summed E-state index contributed by atoms with van der Waals surface area (Å²) >= 11 is 0. The van der Waals surface area contributed by atoms with Crippen molar-refractivity contribution in [2.75, 3.05) is 24.5 Å². The molecule has 1 fully saturated rings. The van der Waals surface area contributed by atoms with Crippen LogP contribution in [0.1, 0.15) is 40.5 Å². The third-order valence-corrected chi connectivity index (χ3v) is 5.46. The van der Waals surface area contributed by atoms with Gasteiger partial charge in [0.1, 0.15) is 28.6 Å². The average Bonchev–Trinajstić information content (AvgIpc) is 3.16. The molecule has 3 aromatic rings. The first kappa shape index (κ1) is 22.0. The van der Waals surface area contributed by atoms with Gasteiger partial charge in [0.2, 0.25) is 0 Å². The molecule has 0 aromatic carbocycles. The number of ether oxygens (including phenoxy) is 1. The van der Waals surface area contributed by atoms with E-state index < -0.39 is 5.60 Å². The van der Waals surface area contributed by atoms with Gasteiger partial charge >= 0.3 is 6.09 Å². The fourth-order valence-electron chi connectivity index (χ4n) is 4.06. The van der Waals surface area contributed by atoms with Crippen molar-refractivity contribution < 1.29 is 13.9 Å². The summed E-state index contributed by atoms with van der Waals surface area (Å²) in [4.78, 5) is 30.0. The lowest BCUT2D eigenvalue weighted by Crippen LogP contribution is -2.51. The van der Waals surface area contributed by atoms with Crippen LogP contribution in [-0.2, 0) is 4.74 Å². The summed E-state index contributed by atoms with van der Waals surface area (Å²) in [5, 5.41) is 0. The predicted molar refractivity (Wildman–Crippen MR) is 120 cm³/mol. The molecule has 4 heterocycles. The second-order valence-electron chi connectivity index (χ2n) is 8.97. The standard InChI is InChI=1S/C23H29FN6O2/c1-5-29(17-7-6-12-28(15-17)22(31)32-23(2,3)4)20-10-11-25-21(27-20)18-13-26-19-9-8-16(24)14-30(18)19/h8-11,13-14,17H,5-7,12,15H2,1-4H3. The number of hydrogen-bond acceptors (Lipinski definition) is 6. The van der Waals surface area contributed by atoms with Crippen LogP contribution in [0.15, 0.2) is 36.8 Å². The number of imidazole rings is 1. The van der Waals surface area contributed by atoms with E-state index in [0.29, 0.717) is 30.3 Å². The molecule has 3 aromatic heterocycles. The van der Waals surface area contributed by atoms with Gasteiger partial charge in [-0.3, -0.25) is 4.40 Å². The molecular weight excluding hydrogens is 411 g/mol. The molecule has 1 amide bonds. The fourth-order valence-corrected chi connectivity index (χ4v) is 4.06. The molecule has 0 aliphatic carbocycles. The van der Waals surface area contributed by atoms with Gasteiger partial charge in [0.05, 0.1) is 6.20 Å². The number of fused-ring (bicyclic) bond motifs is 1. The van der Waals surface area contributed by atoms with Crippen molar-refractivity contribution >= 4 is 17.6 Å². The van der Waals surface area contributed by atoms with Crippen molar-refractivity contribution in [1.29, 1.82) is 0 Å². The average molecular weight is 441 g/mol. The number of aromatic nitrogens is 4. The van der Waals surface area contributed by atoms with Crippen LogP contribution >= 0.6 is 0 Å². The molecular formula is C23H29FN6O2. The lowest BCUT2D eigenvalue weighted by Gasteiger charge is -2.39. The van der Waals surface area contributed by atoms with Crippen LogP contribution in [0.3, 0.4) is 0 Å². The topological polar surface area (TPSA) is 75.9 Å². The zero-order chi connectivity index (χ0) is 22.9. The third-order valence-electron chi connectivity index (χ3n) is 5.46. The van der Waals surface area contributed by atoms with Gasteiger partial charge in [0.15, 0.2) is 5.82 Å². The SMILES string of the molecule is CCN(c1ccnc(-c2cnc3ccc(F)cn23)n1)C1CCCN(C(=O)OC(C)(C)C)C1. The van der Waals surface area contributed by atoms with E-state index >= 15 is 0 Å². The van der Waals surface area contributed by atoms with Gasteiger partial charge in [-0.25, -0.2) is 24.1 Å². The maximum Gasteiger partial charge on any atom is 0.410 e. The Bertz CT molecular complexity index is 1110. The summed E-state index contributed by atoms with van der Waals surface area (Å²) in [5.41, 5.74) is 0.725. The van der Waals surface area contributed by atoms with Crippen LogP contribution in [0, 0.1) is 5.82 Å². The van der Waals surface area contributed by atoms with Crippen LogP contribution in [0.2, 0.25) is 0 Å². The van der Waals surface area contributed by atoms with Gasteiger partial charge in [-0.1, -0.05) is 0 Å². The Morgan fingerprint density at radius 2 is 2.09 bits per heavy atom. The molecule has 4 rings (SSSR count). The van der Waals surface area contributed by atoms with Crippen molar-refractivity contribution in [1.82, 2.24) is 24.3 Å². The molecule has 1 atom stereocenters. The Balaban J connectivity index is 1.58. The molecule has 0 N–H and O–H groups in total. The largest absolute Gasteiger partial charge is 0.444 e. The summed E-state index contributed by atoms with van der Waals surface area (Å²) in [7, 11) is 0. The molecule has 1 aliphatic heterocycles. The number of anilines is 1. The van der Waals surface area contributed by atoms with Gasteiger partial charge < -0.3 is 14.5 Å². The molecule has 0 bridgehead atoms. The number of halogens is 1. The molecule has 1 saturated heterocycles. The van der Waals surface area contributed by atoms with Gasteiger partial charge in [-0.05, 0) is 58.7 Å². The quantitative estimate of drug-likeness (QED) is 0.607. The monoisotopic (exact) mass is 440 g/mol. The first-order chi connectivity index (χ1) is 15.2. The van der Waals surface area contributed by atoms with E-state index in [-0.39, 0.29) is 18.0 Å². The minimum atomic E-state index is -0.524. The maximum absolute atomic E-state index is 13.8. The Morgan fingerprint density at radius 1 is 1.28 bits per heavy atom. The van der Waals surface area contributed by atoms with Crippen molar-refractivity contribution in [3.8, 4) is 11.5 Å². The summed E-state index contributed by atoms with van der Waals surface area (Å²) in [5.74, 6) is 0.881. The molecule has 0 spiro atoms. The van der Waals surface area contributed by atoms with Gasteiger partial charge in [-0.2, -0.15) is 0 Å². The smallest absolute Gasteiger partial charge is 0.410 e. The van der Waals surface area contributed by atoms with Crippen LogP contribution < -0.4 is 4.90 Å². The van der Waals surface area contributed by atoms with E-state index in [4.69, 9.17) is 9.72 Å². The Morgan fingerprint density at radius 3 is 2.84 bits per heavy atom. The van der Waals surface area contributed by atoms with E-state index in [1.165, 1.54) is 12.3 Å². The van der Waals surface area contributed by atoms with Crippen LogP contribution in [0.5, 0.6) is 0 Å². The van der Waals surface area contributed by atoms with Crippen LogP contribution in [0.25, 0.3) is 17.2 Å². The van der Waals surface area contributed by atoms with Crippen molar-refractivity contribution in [2.24, 2.45) is 0 Å². The molecule has 1 aliphatic rings. The summed E-state index contributed by atoms with van der Waals surface area (Å²) in [6.07, 6.45) is 6.29. The summed E-state index contributed by atoms with van der Waals surface area (Å²) in [6.45, 7) is 9.68. The lowest BCUT2D eigenvalue weighted by atomic mass is 10.0. The van der Waals surface area contributed by atoms with Crippen LogP contribution in [0.4, 0.5) is 15.0 Å². The predicted octanol–water partition coefficient (Wildman–Crippen LogP) is 4.16. The summed E-state index contributed by atoms with van der Waals surface area (Å²) < 4.78 is 21.0. The number of nitrogens with zero attached hydrogens (tertiary/aromatic N) is 6. The van der Waals surface area contributed by atoms with Crippen LogP contribution in [-0.4, -0.2) is 61.6 Å². The molecule has 32 heavy (non-hydrogen) atoms. The number of likely N-dealkylation sites (tertiary alicyclic amines) is 1. The Kier molecular flexibility index (Phi) is 5.99. The zero-order valence-corrected chi connectivity index (χ0v) is 19.0. The number of likely N-dealkylation sites (N-methyl/N-ethyl adjacent to an activating group) is 1. The first-order valence-electron chi connectivity index (χ1n) is 11.0. The fraction of sp³-hybridized carbons (Fsp3) is 0.478. The molecule has 1 unspecified atom stereocenters. The van der Waals surface area contributed by atoms with Crippen molar-refractivity contribution in [3.05, 3.63) is 42.6 Å². The lowest BCUT2D eigenvalue weighted by molar-refractivity contribution is 0.0198. The van der Waals surface area contributed by atoms with Crippen molar-refractivity contribution in [3.63, 3.8) is 0 Å². The molecule has 9 heteroatoms. The van der Waals surface area contributed by atoms with E-state index in [1.807, 2.05) is 26.8 Å². The van der Waals surface area contributed by atoms with E-state index in [1.54, 1.807) is 27.8 Å². The van der Waals surface area contributed by atoms with E-state index in [0.717, 1.165) is 25.2 Å². The highest BCUT2D eigenvalue weighted by Gasteiger charge is 2.31. The number of rotatable bonds is 4. The molecule has 0 radical (unpaired) electrons. The maximum atomic E-state index is 13.8. The highest BCUT2D eigenvalue weighted by Crippen LogP contribution is 2.25. The number of carbonyl (C=O) groups is 1. The highest BCUT2D eigenvalue weighted by molar-refractivity contribution is 5.68. The number of piperidine rings is 1. The van der Waals surface area contributed by atoms with Gasteiger partial charge in [0, 0.05) is 38.1 Å². The Hall–Kier alpha value is -3.23. The second-order valence-corrected chi connectivity index (χ2v) is 8.97. The molecule has 0 saturated carbocycles.